The SMILES string of the molecule is CCN(c1ccc(C2=N[C@@H]3CCN(C)C[C@@H]3c3cc(OC)c(OC)cc32)cc1)S(=O)(=O)c1ccc(C)cc1. The van der Waals surface area contributed by atoms with Gasteiger partial charge in [-0.05, 0) is 75.8 Å². The summed E-state index contributed by atoms with van der Waals surface area (Å²) in [6, 6.07) is 18.9. The molecular weight excluding hydrogens is 498 g/mol. The highest BCUT2D eigenvalue weighted by Gasteiger charge is 2.36. The number of sulfonamides is 1. The van der Waals surface area contributed by atoms with Gasteiger partial charge in [0.2, 0.25) is 0 Å². The predicted octanol–water partition coefficient (Wildman–Crippen LogP) is 4.87. The molecule has 2 atom stereocenters. The Balaban J connectivity index is 1.54. The van der Waals surface area contributed by atoms with E-state index < -0.39 is 10.0 Å². The van der Waals surface area contributed by atoms with Gasteiger partial charge in [0.25, 0.3) is 10.0 Å². The molecule has 0 bridgehead atoms. The van der Waals surface area contributed by atoms with E-state index >= 15 is 0 Å². The molecule has 0 amide bonds. The molecule has 1 saturated heterocycles. The summed E-state index contributed by atoms with van der Waals surface area (Å²) in [5.74, 6) is 1.66. The van der Waals surface area contributed by atoms with Crippen molar-refractivity contribution in [1.29, 1.82) is 0 Å². The van der Waals surface area contributed by atoms with E-state index in [-0.39, 0.29) is 16.9 Å². The van der Waals surface area contributed by atoms with Crippen molar-refractivity contribution in [3.05, 3.63) is 82.9 Å². The molecule has 200 valence electrons. The van der Waals surface area contributed by atoms with Gasteiger partial charge in [0.1, 0.15) is 0 Å². The van der Waals surface area contributed by atoms with Crippen molar-refractivity contribution < 1.29 is 17.9 Å². The molecular formula is C30H35N3O4S. The van der Waals surface area contributed by atoms with Gasteiger partial charge < -0.3 is 14.4 Å². The first-order valence-corrected chi connectivity index (χ1v) is 14.4. The number of rotatable bonds is 7. The normalized spacial score (nSPS) is 19.2. The fraction of sp³-hybridized carbons (Fsp3) is 0.367. The van der Waals surface area contributed by atoms with E-state index in [0.29, 0.717) is 18.0 Å². The van der Waals surface area contributed by atoms with Gasteiger partial charge in [-0.3, -0.25) is 9.30 Å². The Morgan fingerprint density at radius 2 is 1.66 bits per heavy atom. The van der Waals surface area contributed by atoms with Gasteiger partial charge >= 0.3 is 0 Å². The van der Waals surface area contributed by atoms with Crippen LogP contribution in [0.1, 0.15) is 41.5 Å². The lowest BCUT2D eigenvalue weighted by molar-refractivity contribution is 0.227. The summed E-state index contributed by atoms with van der Waals surface area (Å²) < 4.78 is 39.5. The average molecular weight is 534 g/mol. The number of methoxy groups -OCH3 is 2. The molecule has 0 aromatic heterocycles. The molecule has 8 heteroatoms. The topological polar surface area (TPSA) is 71.4 Å². The van der Waals surface area contributed by atoms with E-state index in [0.717, 1.165) is 47.7 Å². The number of aliphatic imine (C=N–C) groups is 1. The predicted molar refractivity (Wildman–Crippen MR) is 152 cm³/mol. The summed E-state index contributed by atoms with van der Waals surface area (Å²) in [4.78, 5) is 7.88. The molecule has 2 heterocycles. The Morgan fingerprint density at radius 3 is 2.29 bits per heavy atom. The zero-order valence-corrected chi connectivity index (χ0v) is 23.5. The molecule has 3 aromatic carbocycles. The van der Waals surface area contributed by atoms with Gasteiger partial charge in [-0.25, -0.2) is 8.42 Å². The zero-order chi connectivity index (χ0) is 27.0. The summed E-state index contributed by atoms with van der Waals surface area (Å²) in [7, 11) is 1.78. The van der Waals surface area contributed by atoms with E-state index in [4.69, 9.17) is 14.5 Å². The molecule has 0 saturated carbocycles. The van der Waals surface area contributed by atoms with E-state index in [9.17, 15) is 8.42 Å². The van der Waals surface area contributed by atoms with Crippen molar-refractivity contribution in [3.63, 3.8) is 0 Å². The maximum Gasteiger partial charge on any atom is 0.264 e. The van der Waals surface area contributed by atoms with Gasteiger partial charge in [0.05, 0.1) is 36.6 Å². The summed E-state index contributed by atoms with van der Waals surface area (Å²) in [6.07, 6.45) is 0.981. The Hall–Kier alpha value is -3.36. The van der Waals surface area contributed by atoms with Crippen LogP contribution in [0.2, 0.25) is 0 Å². The Morgan fingerprint density at radius 1 is 1.00 bits per heavy atom. The van der Waals surface area contributed by atoms with Crippen LogP contribution in [-0.4, -0.2) is 66.0 Å². The third-order valence-electron chi connectivity index (χ3n) is 7.61. The average Bonchev–Trinajstić information content (AvgIpc) is 2.93. The third-order valence-corrected chi connectivity index (χ3v) is 9.53. The van der Waals surface area contributed by atoms with Crippen molar-refractivity contribution >= 4 is 21.4 Å². The second kappa shape index (κ2) is 10.4. The molecule has 1 fully saturated rings. The first-order chi connectivity index (χ1) is 18.3. The summed E-state index contributed by atoms with van der Waals surface area (Å²) >= 11 is 0. The smallest absolute Gasteiger partial charge is 0.264 e. The van der Waals surface area contributed by atoms with Crippen LogP contribution in [0.4, 0.5) is 5.69 Å². The number of likely N-dealkylation sites (N-methyl/N-ethyl adjacent to an activating group) is 1. The van der Waals surface area contributed by atoms with Gasteiger partial charge in [-0.15, -0.1) is 0 Å². The summed E-state index contributed by atoms with van der Waals surface area (Å²) in [5, 5.41) is 0. The van der Waals surface area contributed by atoms with Gasteiger partial charge in [-0.1, -0.05) is 29.8 Å². The summed E-state index contributed by atoms with van der Waals surface area (Å²) in [5.41, 5.74) is 5.74. The molecule has 7 nitrogen and oxygen atoms in total. The van der Waals surface area contributed by atoms with Crippen LogP contribution in [0.15, 0.2) is 70.6 Å². The third kappa shape index (κ3) is 4.67. The molecule has 38 heavy (non-hydrogen) atoms. The number of ether oxygens (including phenoxy) is 2. The molecule has 5 rings (SSSR count). The van der Waals surface area contributed by atoms with Crippen molar-refractivity contribution in [2.45, 2.75) is 37.1 Å². The molecule has 0 spiro atoms. The van der Waals surface area contributed by atoms with Gasteiger partial charge in [0, 0.05) is 30.1 Å². The molecule has 3 aromatic rings. The van der Waals surface area contributed by atoms with Crippen molar-refractivity contribution in [2.24, 2.45) is 4.99 Å². The van der Waals surface area contributed by atoms with E-state index in [1.54, 1.807) is 26.4 Å². The number of piperidine rings is 1. The quantitative estimate of drug-likeness (QED) is 0.434. The Bertz CT molecular complexity index is 1450. The number of aryl methyl sites for hydroxylation is 1. The number of fused-ring (bicyclic) bond motifs is 3. The number of hydrogen-bond donors (Lipinski definition) is 0. The molecule has 2 aliphatic rings. The zero-order valence-electron chi connectivity index (χ0n) is 22.6. The molecule has 0 radical (unpaired) electrons. The minimum atomic E-state index is -3.68. The lowest BCUT2D eigenvalue weighted by Crippen LogP contribution is -2.41. The van der Waals surface area contributed by atoms with Crippen molar-refractivity contribution in [1.82, 2.24) is 4.90 Å². The monoisotopic (exact) mass is 533 g/mol. The Kier molecular flexibility index (Phi) is 7.20. The van der Waals surface area contributed by atoms with Crippen LogP contribution in [0.3, 0.4) is 0 Å². The minimum absolute atomic E-state index is 0.181. The summed E-state index contributed by atoms with van der Waals surface area (Å²) in [6.45, 7) is 6.06. The lowest BCUT2D eigenvalue weighted by atomic mass is 9.79. The van der Waals surface area contributed by atoms with Crippen LogP contribution in [0, 0.1) is 6.92 Å². The maximum atomic E-state index is 13.4. The number of hydrogen-bond acceptors (Lipinski definition) is 6. The highest BCUT2D eigenvalue weighted by Crippen LogP contribution is 2.42. The molecule has 0 aliphatic carbocycles. The minimum Gasteiger partial charge on any atom is -0.493 e. The van der Waals surface area contributed by atoms with Crippen LogP contribution in [-0.2, 0) is 10.0 Å². The van der Waals surface area contributed by atoms with Crippen LogP contribution in [0.5, 0.6) is 11.5 Å². The van der Waals surface area contributed by atoms with E-state index in [1.807, 2.05) is 56.3 Å². The van der Waals surface area contributed by atoms with Crippen LogP contribution in [0.25, 0.3) is 0 Å². The van der Waals surface area contributed by atoms with Crippen molar-refractivity contribution in [2.75, 3.05) is 45.2 Å². The number of likely N-dealkylation sites (tertiary alicyclic amines) is 1. The van der Waals surface area contributed by atoms with Gasteiger partial charge in [-0.2, -0.15) is 0 Å². The number of anilines is 1. The number of benzene rings is 3. The fourth-order valence-corrected chi connectivity index (χ4v) is 7.02. The van der Waals surface area contributed by atoms with Crippen LogP contribution >= 0.6 is 0 Å². The van der Waals surface area contributed by atoms with Gasteiger partial charge in [0.15, 0.2) is 11.5 Å². The first kappa shape index (κ1) is 26.3. The second-order valence-electron chi connectivity index (χ2n) is 10.0. The second-order valence-corrected chi connectivity index (χ2v) is 11.9. The molecule has 2 aliphatic heterocycles. The Labute approximate surface area is 225 Å². The number of nitrogens with zero attached hydrogens (tertiary/aromatic N) is 3. The van der Waals surface area contributed by atoms with E-state index in [2.05, 4.69) is 18.0 Å². The first-order valence-electron chi connectivity index (χ1n) is 13.0. The maximum absolute atomic E-state index is 13.4. The standard InChI is InChI=1S/C30H35N3O4S/c1-6-33(38(34,35)23-13-7-20(2)8-14-23)22-11-9-21(10-12-22)30-25-18-29(37-5)28(36-4)17-24(25)26-19-32(3)16-15-27(26)31-30/h7-14,17-18,26-27H,6,15-16,19H2,1-5H3/t26-,27-/m1/s1. The van der Waals surface area contributed by atoms with Crippen LogP contribution < -0.4 is 13.8 Å². The van der Waals surface area contributed by atoms with E-state index in [1.165, 1.54) is 9.87 Å². The molecule has 0 N–H and O–H groups in total. The highest BCUT2D eigenvalue weighted by atomic mass is 32.2. The molecule has 0 unspecified atom stereocenters. The highest BCUT2D eigenvalue weighted by molar-refractivity contribution is 7.92. The van der Waals surface area contributed by atoms with Crippen molar-refractivity contribution in [3.8, 4) is 11.5 Å². The lowest BCUT2D eigenvalue weighted by Gasteiger charge is -2.39. The largest absolute Gasteiger partial charge is 0.493 e. The fourth-order valence-electron chi connectivity index (χ4n) is 5.55.